The fourth-order valence-electron chi connectivity index (χ4n) is 0.889. The fourth-order valence-corrected chi connectivity index (χ4v) is 1.55. The summed E-state index contributed by atoms with van der Waals surface area (Å²) in [5, 5.41) is 0. The van der Waals surface area contributed by atoms with E-state index in [0.717, 1.165) is 24.3 Å². The summed E-state index contributed by atoms with van der Waals surface area (Å²) in [6.45, 7) is 4.88. The fraction of sp³-hybridized carbons (Fsp3) is 0.400. The quantitative estimate of drug-likeness (QED) is 0.533. The van der Waals surface area contributed by atoms with Crippen LogP contribution in [0.2, 0.25) is 0 Å². The van der Waals surface area contributed by atoms with Crippen LogP contribution in [0.25, 0.3) is 0 Å². The van der Waals surface area contributed by atoms with E-state index in [9.17, 15) is 0 Å². The molecule has 1 atom stereocenters. The Hall–Kier alpha value is -0.590. The standard InChI is InChI=1S/C10H15O2P/c1-3-8-11-13-12-10-7-5-4-6-9(10)2/h4-7,13H,3,8H2,1-2H3. The highest BCUT2D eigenvalue weighted by atomic mass is 31.1. The molecule has 0 heterocycles. The molecule has 0 aliphatic heterocycles. The largest absolute Gasteiger partial charge is 0.449 e. The van der Waals surface area contributed by atoms with Crippen molar-refractivity contribution in [1.29, 1.82) is 0 Å². The topological polar surface area (TPSA) is 18.5 Å². The highest BCUT2D eigenvalue weighted by Gasteiger charge is 1.96. The zero-order chi connectivity index (χ0) is 9.52. The third-order valence-corrected chi connectivity index (χ3v) is 2.24. The van der Waals surface area contributed by atoms with Gasteiger partial charge in [0.05, 0.1) is 6.61 Å². The third kappa shape index (κ3) is 3.75. The molecule has 1 rings (SSSR count). The van der Waals surface area contributed by atoms with E-state index in [1.54, 1.807) is 0 Å². The third-order valence-electron chi connectivity index (χ3n) is 1.61. The molecule has 1 aromatic rings. The summed E-state index contributed by atoms with van der Waals surface area (Å²) in [6, 6.07) is 7.95. The van der Waals surface area contributed by atoms with Crippen LogP contribution in [0.4, 0.5) is 0 Å². The summed E-state index contributed by atoms with van der Waals surface area (Å²) in [6.07, 6.45) is 1.03. The van der Waals surface area contributed by atoms with E-state index in [-0.39, 0.29) is 9.03 Å². The van der Waals surface area contributed by atoms with E-state index in [1.807, 2.05) is 31.2 Å². The molecule has 0 aliphatic rings. The summed E-state index contributed by atoms with van der Waals surface area (Å²) >= 11 is 0. The summed E-state index contributed by atoms with van der Waals surface area (Å²) in [5.74, 6) is 0.914. The van der Waals surface area contributed by atoms with Gasteiger partial charge >= 0.3 is 0 Å². The van der Waals surface area contributed by atoms with Crippen LogP contribution in [0.1, 0.15) is 18.9 Å². The number of hydrogen-bond acceptors (Lipinski definition) is 2. The van der Waals surface area contributed by atoms with Gasteiger partial charge in [-0.2, -0.15) is 0 Å². The molecule has 2 nitrogen and oxygen atoms in total. The van der Waals surface area contributed by atoms with Crippen molar-refractivity contribution < 1.29 is 9.05 Å². The normalized spacial score (nSPS) is 10.9. The van der Waals surface area contributed by atoms with Crippen molar-refractivity contribution in [2.24, 2.45) is 0 Å². The van der Waals surface area contributed by atoms with Crippen LogP contribution in [-0.4, -0.2) is 6.61 Å². The first-order chi connectivity index (χ1) is 6.34. The molecule has 13 heavy (non-hydrogen) atoms. The Morgan fingerprint density at radius 3 is 2.77 bits per heavy atom. The van der Waals surface area contributed by atoms with Crippen molar-refractivity contribution in [1.82, 2.24) is 0 Å². The number of benzene rings is 1. The van der Waals surface area contributed by atoms with Gasteiger partial charge in [-0.05, 0) is 25.0 Å². The molecule has 0 bridgehead atoms. The van der Waals surface area contributed by atoms with Gasteiger partial charge in [-0.1, -0.05) is 25.1 Å². The van der Waals surface area contributed by atoms with Crippen LogP contribution in [0, 0.1) is 6.92 Å². The molecule has 0 saturated heterocycles. The highest BCUT2D eigenvalue weighted by Crippen LogP contribution is 2.24. The number of aryl methyl sites for hydroxylation is 1. The van der Waals surface area contributed by atoms with Crippen molar-refractivity contribution in [3.63, 3.8) is 0 Å². The molecule has 0 amide bonds. The Morgan fingerprint density at radius 1 is 1.31 bits per heavy atom. The molecule has 0 spiro atoms. The molecule has 72 valence electrons. The van der Waals surface area contributed by atoms with Crippen LogP contribution in [0.3, 0.4) is 0 Å². The second-order valence-corrected chi connectivity index (χ2v) is 3.46. The van der Waals surface area contributed by atoms with E-state index < -0.39 is 0 Å². The highest BCUT2D eigenvalue weighted by molar-refractivity contribution is 7.26. The van der Waals surface area contributed by atoms with Crippen LogP contribution < -0.4 is 4.52 Å². The number of para-hydroxylation sites is 1. The lowest BCUT2D eigenvalue weighted by molar-refractivity contribution is 0.329. The Bertz CT molecular complexity index is 250. The van der Waals surface area contributed by atoms with Gasteiger partial charge < -0.3 is 9.05 Å². The van der Waals surface area contributed by atoms with E-state index in [1.165, 1.54) is 0 Å². The lowest BCUT2D eigenvalue weighted by Gasteiger charge is -2.07. The summed E-state index contributed by atoms with van der Waals surface area (Å²) in [5.41, 5.74) is 1.15. The van der Waals surface area contributed by atoms with E-state index >= 15 is 0 Å². The minimum Gasteiger partial charge on any atom is -0.449 e. The van der Waals surface area contributed by atoms with E-state index in [0.29, 0.717) is 0 Å². The molecule has 0 saturated carbocycles. The molecular formula is C10H15O2P. The summed E-state index contributed by atoms with van der Waals surface area (Å²) < 4.78 is 10.7. The molecule has 0 radical (unpaired) electrons. The monoisotopic (exact) mass is 198 g/mol. The van der Waals surface area contributed by atoms with Gasteiger partial charge in [0.15, 0.2) is 0 Å². The molecule has 1 aromatic carbocycles. The van der Waals surface area contributed by atoms with Gasteiger partial charge in [-0.15, -0.1) is 0 Å². The van der Waals surface area contributed by atoms with Gasteiger partial charge in [-0.3, -0.25) is 0 Å². The molecule has 3 heteroatoms. The van der Waals surface area contributed by atoms with Gasteiger partial charge in [0.2, 0.25) is 9.03 Å². The van der Waals surface area contributed by atoms with Crippen molar-refractivity contribution >= 4 is 9.03 Å². The summed E-state index contributed by atoms with van der Waals surface area (Å²) in [7, 11) is 0.113. The smallest absolute Gasteiger partial charge is 0.215 e. The lowest BCUT2D eigenvalue weighted by Crippen LogP contribution is -1.86. The molecule has 0 fully saturated rings. The van der Waals surface area contributed by atoms with E-state index in [4.69, 9.17) is 9.05 Å². The summed E-state index contributed by atoms with van der Waals surface area (Å²) in [4.78, 5) is 0. The second kappa shape index (κ2) is 5.95. The average molecular weight is 198 g/mol. The van der Waals surface area contributed by atoms with Crippen LogP contribution in [-0.2, 0) is 4.52 Å². The molecule has 0 aliphatic carbocycles. The molecule has 0 N–H and O–H groups in total. The number of rotatable bonds is 5. The maximum Gasteiger partial charge on any atom is 0.215 e. The van der Waals surface area contributed by atoms with Crippen molar-refractivity contribution in [3.05, 3.63) is 29.8 Å². The minimum absolute atomic E-state index is 0.113. The predicted molar refractivity (Wildman–Crippen MR) is 56.4 cm³/mol. The van der Waals surface area contributed by atoms with E-state index in [2.05, 4.69) is 6.92 Å². The van der Waals surface area contributed by atoms with Crippen molar-refractivity contribution in [3.8, 4) is 5.75 Å². The Morgan fingerprint density at radius 2 is 2.08 bits per heavy atom. The molecule has 1 unspecified atom stereocenters. The molecule has 0 aromatic heterocycles. The van der Waals surface area contributed by atoms with Gasteiger partial charge in [0, 0.05) is 0 Å². The van der Waals surface area contributed by atoms with Crippen LogP contribution in [0.5, 0.6) is 5.75 Å². The first-order valence-corrected chi connectivity index (χ1v) is 5.25. The van der Waals surface area contributed by atoms with Gasteiger partial charge in [0.1, 0.15) is 5.75 Å². The van der Waals surface area contributed by atoms with Crippen molar-refractivity contribution in [2.45, 2.75) is 20.3 Å². The zero-order valence-corrected chi connectivity index (χ0v) is 9.04. The SMILES string of the molecule is CCCOPOc1ccccc1C. The Balaban J connectivity index is 2.32. The first-order valence-electron chi connectivity index (χ1n) is 4.44. The Labute approximate surface area is 81.2 Å². The second-order valence-electron chi connectivity index (χ2n) is 2.80. The molecular weight excluding hydrogens is 183 g/mol. The van der Waals surface area contributed by atoms with Crippen LogP contribution in [0.15, 0.2) is 24.3 Å². The predicted octanol–water partition coefficient (Wildman–Crippen LogP) is 3.31. The minimum atomic E-state index is 0.113. The first kappa shape index (κ1) is 10.5. The maximum absolute atomic E-state index is 5.44. The average Bonchev–Trinajstić information content (AvgIpc) is 2.15. The Kier molecular flexibility index (Phi) is 4.81. The van der Waals surface area contributed by atoms with Gasteiger partial charge in [0.25, 0.3) is 0 Å². The maximum atomic E-state index is 5.44. The number of hydrogen-bond donors (Lipinski definition) is 0. The van der Waals surface area contributed by atoms with Gasteiger partial charge in [-0.25, -0.2) is 0 Å². The van der Waals surface area contributed by atoms with Crippen LogP contribution >= 0.6 is 9.03 Å². The lowest BCUT2D eigenvalue weighted by atomic mass is 10.2. The zero-order valence-electron chi connectivity index (χ0n) is 8.04. The van der Waals surface area contributed by atoms with Crippen molar-refractivity contribution in [2.75, 3.05) is 6.61 Å².